The number of piperazine rings is 1. The molecule has 286 valence electrons. The molecule has 0 bridgehead atoms. The molecule has 3 saturated heterocycles. The fourth-order valence-corrected chi connectivity index (χ4v) is 8.20. The number of rotatable bonds is 10. The molecule has 14 heteroatoms. The first kappa shape index (κ1) is 36.4. The second-order valence-corrected chi connectivity index (χ2v) is 14.7. The molecule has 3 N–H and O–H groups in total. The van der Waals surface area contributed by atoms with Gasteiger partial charge in [-0.25, -0.2) is 4.79 Å². The van der Waals surface area contributed by atoms with Crippen molar-refractivity contribution in [3.05, 3.63) is 107 Å². The Labute approximate surface area is 320 Å². The van der Waals surface area contributed by atoms with E-state index in [1.54, 1.807) is 9.80 Å². The van der Waals surface area contributed by atoms with Crippen LogP contribution in [0.15, 0.2) is 78.9 Å². The standard InChI is InChI=1S/C41H47N9O5/c1-55-37(29-5-3-2-4-6-29)40(53)49-26-34-35(27-49)44-45-38(34)43-39(52)30-9-13-31(14-10-30)47-18-15-32(16-19-47)48-23-21-46(22-24-48)25-28-7-11-33(12-8-28)50-20-17-36(51)42-41(50)54/h2-14,32,37H,15-27H2,1H3,(H,42,51,54)(H2,43,44,45,52)/t37-/m1/s1. The third kappa shape index (κ3) is 7.97. The molecular weight excluding hydrogens is 699 g/mol. The number of aromatic amines is 1. The number of H-pyrrole nitrogens is 1. The van der Waals surface area contributed by atoms with Gasteiger partial charge >= 0.3 is 6.03 Å². The maximum absolute atomic E-state index is 13.3. The van der Waals surface area contributed by atoms with Crippen molar-refractivity contribution in [1.82, 2.24) is 30.2 Å². The Morgan fingerprint density at radius 3 is 2.25 bits per heavy atom. The molecular formula is C41H47N9O5. The van der Waals surface area contributed by atoms with Crippen LogP contribution >= 0.6 is 0 Å². The van der Waals surface area contributed by atoms with Gasteiger partial charge < -0.3 is 19.9 Å². The van der Waals surface area contributed by atoms with Crippen LogP contribution in [0.25, 0.3) is 0 Å². The van der Waals surface area contributed by atoms with Gasteiger partial charge in [-0.15, -0.1) is 0 Å². The summed E-state index contributed by atoms with van der Waals surface area (Å²) in [7, 11) is 1.53. The van der Waals surface area contributed by atoms with E-state index in [2.05, 4.69) is 47.7 Å². The highest BCUT2D eigenvalue weighted by atomic mass is 16.5. The molecule has 0 unspecified atom stereocenters. The van der Waals surface area contributed by atoms with Gasteiger partial charge in [-0.1, -0.05) is 42.5 Å². The van der Waals surface area contributed by atoms with Crippen molar-refractivity contribution < 1.29 is 23.9 Å². The number of carbonyl (C=O) groups is 4. The summed E-state index contributed by atoms with van der Waals surface area (Å²) in [5.41, 5.74) is 6.09. The fraction of sp³-hybridized carbons (Fsp3) is 0.390. The van der Waals surface area contributed by atoms with Gasteiger partial charge in [0.2, 0.25) is 5.91 Å². The SMILES string of the molecule is CO[C@@H](C(=O)N1Cc2[nH]nc(NC(=O)c3ccc(N4CCC(N5CCN(Cc6ccc(N7CCC(=O)NC7=O)cc6)CC5)CC4)cc3)c2C1)c1ccccc1. The number of nitrogens with zero attached hydrogens (tertiary/aromatic N) is 6. The number of ether oxygens (including phenoxy) is 1. The second-order valence-electron chi connectivity index (χ2n) is 14.7. The largest absolute Gasteiger partial charge is 0.371 e. The second kappa shape index (κ2) is 16.0. The van der Waals surface area contributed by atoms with Crippen molar-refractivity contribution in [3.8, 4) is 0 Å². The highest BCUT2D eigenvalue weighted by Gasteiger charge is 2.34. The van der Waals surface area contributed by atoms with Crippen LogP contribution < -0.4 is 20.4 Å². The molecule has 0 aliphatic carbocycles. The van der Waals surface area contributed by atoms with Crippen LogP contribution in [-0.4, -0.2) is 108 Å². The summed E-state index contributed by atoms with van der Waals surface area (Å²) in [4.78, 5) is 61.1. The van der Waals surface area contributed by atoms with Crippen molar-refractivity contribution in [2.75, 3.05) is 68.0 Å². The van der Waals surface area contributed by atoms with Crippen molar-refractivity contribution in [2.45, 2.75) is 51.0 Å². The average molecular weight is 746 g/mol. The predicted molar refractivity (Wildman–Crippen MR) is 207 cm³/mol. The molecule has 0 saturated carbocycles. The number of hydrogen-bond acceptors (Lipinski definition) is 9. The Kier molecular flexibility index (Phi) is 10.6. The number of methoxy groups -OCH3 is 1. The van der Waals surface area contributed by atoms with Crippen molar-refractivity contribution in [1.29, 1.82) is 0 Å². The molecule has 8 rings (SSSR count). The normalized spacial score (nSPS) is 19.0. The summed E-state index contributed by atoms with van der Waals surface area (Å²) in [5, 5.41) is 12.7. The van der Waals surface area contributed by atoms with E-state index in [4.69, 9.17) is 4.74 Å². The first-order valence-corrected chi connectivity index (χ1v) is 19.1. The van der Waals surface area contributed by atoms with Gasteiger partial charge in [0.15, 0.2) is 11.9 Å². The molecule has 4 aliphatic heterocycles. The first-order chi connectivity index (χ1) is 26.8. The number of benzene rings is 3. The molecule has 0 radical (unpaired) electrons. The highest BCUT2D eigenvalue weighted by Crippen LogP contribution is 2.31. The van der Waals surface area contributed by atoms with Crippen LogP contribution in [0.2, 0.25) is 0 Å². The lowest BCUT2D eigenvalue weighted by molar-refractivity contribution is -0.143. The van der Waals surface area contributed by atoms with Crippen LogP contribution in [0, 0.1) is 0 Å². The van der Waals surface area contributed by atoms with Gasteiger partial charge in [0.25, 0.3) is 11.8 Å². The molecule has 4 aromatic rings. The molecule has 0 spiro atoms. The molecule has 3 fully saturated rings. The molecule has 14 nitrogen and oxygen atoms in total. The lowest BCUT2D eigenvalue weighted by Gasteiger charge is -2.43. The third-order valence-electron chi connectivity index (χ3n) is 11.3. The lowest BCUT2D eigenvalue weighted by Crippen LogP contribution is -2.53. The minimum absolute atomic E-state index is 0.138. The smallest absolute Gasteiger partial charge is 0.328 e. The molecule has 4 aliphatic rings. The summed E-state index contributed by atoms with van der Waals surface area (Å²) in [5.74, 6) is -0.168. The minimum Gasteiger partial charge on any atom is -0.371 e. The summed E-state index contributed by atoms with van der Waals surface area (Å²) in [6.07, 6.45) is 1.81. The molecule has 55 heavy (non-hydrogen) atoms. The number of urea groups is 1. The summed E-state index contributed by atoms with van der Waals surface area (Å²) in [6.45, 7) is 8.04. The van der Waals surface area contributed by atoms with E-state index >= 15 is 0 Å². The molecule has 5 amide bonds. The molecule has 5 heterocycles. The number of carbonyl (C=O) groups excluding carboxylic acids is 4. The maximum Gasteiger partial charge on any atom is 0.328 e. The number of fused-ring (bicyclic) bond motifs is 1. The van der Waals surface area contributed by atoms with Gasteiger partial charge in [0, 0.05) is 94.4 Å². The van der Waals surface area contributed by atoms with E-state index in [1.807, 2.05) is 66.7 Å². The van der Waals surface area contributed by atoms with Crippen LogP contribution in [0.5, 0.6) is 0 Å². The highest BCUT2D eigenvalue weighted by molar-refractivity contribution is 6.06. The number of nitrogens with one attached hydrogen (secondary N) is 3. The van der Waals surface area contributed by atoms with Crippen LogP contribution in [0.3, 0.4) is 0 Å². The van der Waals surface area contributed by atoms with Gasteiger partial charge in [-0.2, -0.15) is 5.10 Å². The Morgan fingerprint density at radius 2 is 1.56 bits per heavy atom. The van der Waals surface area contributed by atoms with Gasteiger partial charge in [-0.3, -0.25) is 39.5 Å². The van der Waals surface area contributed by atoms with Gasteiger partial charge in [0.05, 0.1) is 18.8 Å². The lowest BCUT2D eigenvalue weighted by atomic mass is 10.0. The van der Waals surface area contributed by atoms with E-state index in [-0.39, 0.29) is 23.8 Å². The monoisotopic (exact) mass is 745 g/mol. The van der Waals surface area contributed by atoms with Crippen molar-refractivity contribution in [2.24, 2.45) is 0 Å². The Balaban J connectivity index is 0.777. The third-order valence-corrected chi connectivity index (χ3v) is 11.3. The van der Waals surface area contributed by atoms with E-state index in [0.29, 0.717) is 43.5 Å². The summed E-state index contributed by atoms with van der Waals surface area (Å²) in [6, 6.07) is 25.5. The van der Waals surface area contributed by atoms with Crippen LogP contribution in [0.1, 0.15) is 58.1 Å². The molecule has 1 atom stereocenters. The Hall–Kier alpha value is -5.57. The minimum atomic E-state index is -0.701. The number of amides is 5. The van der Waals surface area contributed by atoms with Crippen LogP contribution in [0.4, 0.5) is 22.0 Å². The molecule has 1 aromatic heterocycles. The fourth-order valence-electron chi connectivity index (χ4n) is 8.20. The number of imide groups is 1. The number of piperidine rings is 1. The topological polar surface area (TPSA) is 146 Å². The van der Waals surface area contributed by atoms with E-state index in [9.17, 15) is 19.2 Å². The Morgan fingerprint density at radius 1 is 0.855 bits per heavy atom. The van der Waals surface area contributed by atoms with E-state index in [1.165, 1.54) is 12.7 Å². The maximum atomic E-state index is 13.3. The number of aromatic nitrogens is 2. The zero-order valence-corrected chi connectivity index (χ0v) is 31.1. The Bertz CT molecular complexity index is 2000. The molecule has 3 aromatic carbocycles. The van der Waals surface area contributed by atoms with Crippen molar-refractivity contribution >= 4 is 40.9 Å². The zero-order valence-electron chi connectivity index (χ0n) is 31.1. The quantitative estimate of drug-likeness (QED) is 0.218. The predicted octanol–water partition coefficient (Wildman–Crippen LogP) is 4.12. The van der Waals surface area contributed by atoms with E-state index < -0.39 is 6.10 Å². The first-order valence-electron chi connectivity index (χ1n) is 19.1. The van der Waals surface area contributed by atoms with Gasteiger partial charge in [0.1, 0.15) is 0 Å². The van der Waals surface area contributed by atoms with Crippen LogP contribution in [-0.2, 0) is 34.0 Å². The van der Waals surface area contributed by atoms with Gasteiger partial charge in [-0.05, 0) is 60.4 Å². The average Bonchev–Trinajstić information content (AvgIpc) is 3.81. The summed E-state index contributed by atoms with van der Waals surface area (Å²) >= 11 is 0. The number of anilines is 3. The number of hydrogen-bond donors (Lipinski definition) is 3. The summed E-state index contributed by atoms with van der Waals surface area (Å²) < 4.78 is 5.56. The van der Waals surface area contributed by atoms with E-state index in [0.717, 1.165) is 86.9 Å². The van der Waals surface area contributed by atoms with Crippen molar-refractivity contribution in [3.63, 3.8) is 0 Å². The zero-order chi connectivity index (χ0) is 37.9.